The molecule has 2 aromatic carbocycles. The minimum Gasteiger partial charge on any atom is -0.497 e. The minimum atomic E-state index is -0.219. The highest BCUT2D eigenvalue weighted by Gasteiger charge is 2.34. The van der Waals surface area contributed by atoms with Gasteiger partial charge in [-0.15, -0.1) is 11.3 Å². The van der Waals surface area contributed by atoms with Gasteiger partial charge in [0, 0.05) is 43.2 Å². The number of ether oxygens (including phenoxy) is 2. The third-order valence-electron chi connectivity index (χ3n) is 6.68. The number of amides is 1. The van der Waals surface area contributed by atoms with Crippen LogP contribution in [0, 0.1) is 0 Å². The van der Waals surface area contributed by atoms with E-state index in [2.05, 4.69) is 27.2 Å². The van der Waals surface area contributed by atoms with Crippen LogP contribution in [0.5, 0.6) is 11.5 Å². The number of nitrogens with one attached hydrogen (secondary N) is 2. The molecule has 1 aromatic heterocycles. The summed E-state index contributed by atoms with van der Waals surface area (Å²) in [5, 5.41) is 3.20. The zero-order valence-corrected chi connectivity index (χ0v) is 20.9. The molecule has 3 aromatic rings. The van der Waals surface area contributed by atoms with Crippen molar-refractivity contribution < 1.29 is 14.3 Å². The number of carbonyl (C=O) groups is 1. The second kappa shape index (κ2) is 10.7. The van der Waals surface area contributed by atoms with Crippen molar-refractivity contribution in [3.8, 4) is 22.8 Å². The average Bonchev–Trinajstić information content (AvgIpc) is 3.59. The molecule has 0 spiro atoms. The van der Waals surface area contributed by atoms with Crippen molar-refractivity contribution in [1.29, 1.82) is 0 Å². The number of aromatic nitrogens is 1. The molecule has 35 heavy (non-hydrogen) atoms. The molecule has 0 radical (unpaired) electrons. The molecule has 2 unspecified atom stereocenters. The predicted molar refractivity (Wildman–Crippen MR) is 136 cm³/mol. The molecule has 184 valence electrons. The minimum absolute atomic E-state index is 0.0881. The summed E-state index contributed by atoms with van der Waals surface area (Å²) in [6.07, 6.45) is 0.722. The van der Waals surface area contributed by atoms with Crippen LogP contribution in [-0.2, 0) is 11.3 Å². The SMILES string of the molecule is COc1ccc(-c2csc(CN3CCN(C(=O)C4CC(c5cccc(OC)c5)NN4)CC3)n2)cc1. The van der Waals surface area contributed by atoms with Crippen LogP contribution in [0.4, 0.5) is 0 Å². The first-order valence-corrected chi connectivity index (χ1v) is 12.8. The summed E-state index contributed by atoms with van der Waals surface area (Å²) >= 11 is 1.68. The Kier molecular flexibility index (Phi) is 7.29. The van der Waals surface area contributed by atoms with E-state index in [9.17, 15) is 4.79 Å². The normalized spacial score (nSPS) is 20.7. The molecule has 0 bridgehead atoms. The molecule has 2 aliphatic rings. The summed E-state index contributed by atoms with van der Waals surface area (Å²) in [6, 6.07) is 15.8. The number of methoxy groups -OCH3 is 2. The van der Waals surface area contributed by atoms with E-state index in [0.29, 0.717) is 0 Å². The van der Waals surface area contributed by atoms with E-state index in [1.54, 1.807) is 25.6 Å². The van der Waals surface area contributed by atoms with Crippen molar-refractivity contribution in [2.75, 3.05) is 40.4 Å². The number of hydrogen-bond donors (Lipinski definition) is 2. The van der Waals surface area contributed by atoms with E-state index < -0.39 is 0 Å². The largest absolute Gasteiger partial charge is 0.497 e. The Hall–Kier alpha value is -2.98. The number of thiazole rings is 1. The van der Waals surface area contributed by atoms with Gasteiger partial charge in [0.1, 0.15) is 22.5 Å². The van der Waals surface area contributed by atoms with Crippen molar-refractivity contribution >= 4 is 17.2 Å². The molecule has 2 atom stereocenters. The van der Waals surface area contributed by atoms with Crippen molar-refractivity contribution in [2.45, 2.75) is 25.0 Å². The van der Waals surface area contributed by atoms with Crippen LogP contribution in [0.15, 0.2) is 53.9 Å². The number of benzene rings is 2. The fraction of sp³-hybridized carbons (Fsp3) is 0.385. The fourth-order valence-corrected chi connectivity index (χ4v) is 5.46. The van der Waals surface area contributed by atoms with E-state index in [1.807, 2.05) is 47.4 Å². The van der Waals surface area contributed by atoms with Gasteiger partial charge in [-0.05, 0) is 48.4 Å². The maximum absolute atomic E-state index is 13.1. The van der Waals surface area contributed by atoms with Crippen LogP contribution in [0.25, 0.3) is 11.3 Å². The number of piperazine rings is 1. The van der Waals surface area contributed by atoms with Gasteiger partial charge in [0.05, 0.1) is 26.5 Å². The number of hydrogen-bond acceptors (Lipinski definition) is 8. The molecule has 8 nitrogen and oxygen atoms in total. The van der Waals surface area contributed by atoms with Gasteiger partial charge >= 0.3 is 0 Å². The zero-order chi connectivity index (χ0) is 24.2. The van der Waals surface area contributed by atoms with Gasteiger partial charge in [-0.2, -0.15) is 0 Å². The third-order valence-corrected chi connectivity index (χ3v) is 7.51. The van der Waals surface area contributed by atoms with Crippen LogP contribution in [0.3, 0.4) is 0 Å². The summed E-state index contributed by atoms with van der Waals surface area (Å²) in [5.74, 6) is 1.83. The lowest BCUT2D eigenvalue weighted by molar-refractivity contribution is -0.135. The van der Waals surface area contributed by atoms with Gasteiger partial charge in [-0.25, -0.2) is 15.8 Å². The smallest absolute Gasteiger partial charge is 0.241 e. The van der Waals surface area contributed by atoms with Crippen LogP contribution in [0.2, 0.25) is 0 Å². The Morgan fingerprint density at radius 2 is 1.80 bits per heavy atom. The Bertz CT molecular complexity index is 1140. The molecule has 1 amide bonds. The van der Waals surface area contributed by atoms with Crippen molar-refractivity contribution in [2.24, 2.45) is 0 Å². The molecule has 9 heteroatoms. The number of carbonyl (C=O) groups excluding carboxylic acids is 1. The molecular formula is C26H31N5O3S. The highest BCUT2D eigenvalue weighted by molar-refractivity contribution is 7.09. The number of rotatable bonds is 7. The van der Waals surface area contributed by atoms with Crippen LogP contribution in [-0.4, -0.2) is 67.1 Å². The Morgan fingerprint density at radius 1 is 1.03 bits per heavy atom. The van der Waals surface area contributed by atoms with Gasteiger partial charge in [-0.3, -0.25) is 9.69 Å². The molecule has 3 heterocycles. The van der Waals surface area contributed by atoms with Gasteiger partial charge < -0.3 is 14.4 Å². The Morgan fingerprint density at radius 3 is 2.54 bits per heavy atom. The summed E-state index contributed by atoms with van der Waals surface area (Å²) < 4.78 is 10.6. The average molecular weight is 494 g/mol. The maximum Gasteiger partial charge on any atom is 0.241 e. The van der Waals surface area contributed by atoms with Gasteiger partial charge in [0.2, 0.25) is 5.91 Å². The number of nitrogens with zero attached hydrogens (tertiary/aromatic N) is 3. The van der Waals surface area contributed by atoms with Crippen LogP contribution in [0.1, 0.15) is 23.0 Å². The molecule has 2 N–H and O–H groups in total. The highest BCUT2D eigenvalue weighted by atomic mass is 32.1. The van der Waals surface area contributed by atoms with Gasteiger partial charge in [0.25, 0.3) is 0 Å². The summed E-state index contributed by atoms with van der Waals surface area (Å²) in [7, 11) is 3.34. The lowest BCUT2D eigenvalue weighted by Gasteiger charge is -2.35. The lowest BCUT2D eigenvalue weighted by Crippen LogP contribution is -2.53. The number of hydrazine groups is 1. The molecule has 0 saturated carbocycles. The van der Waals surface area contributed by atoms with E-state index in [4.69, 9.17) is 14.5 Å². The fourth-order valence-electron chi connectivity index (χ4n) is 4.61. The van der Waals surface area contributed by atoms with Gasteiger partial charge in [0.15, 0.2) is 0 Å². The predicted octanol–water partition coefficient (Wildman–Crippen LogP) is 3.08. The first-order chi connectivity index (χ1) is 17.1. The second-order valence-electron chi connectivity index (χ2n) is 8.86. The van der Waals surface area contributed by atoms with Crippen molar-refractivity contribution in [3.05, 3.63) is 64.5 Å². The summed E-state index contributed by atoms with van der Waals surface area (Å²) in [4.78, 5) is 22.3. The molecule has 2 saturated heterocycles. The molecule has 2 fully saturated rings. The molecular weight excluding hydrogens is 462 g/mol. The van der Waals surface area contributed by atoms with Crippen LogP contribution < -0.4 is 20.3 Å². The van der Waals surface area contributed by atoms with Crippen molar-refractivity contribution in [1.82, 2.24) is 25.6 Å². The van der Waals surface area contributed by atoms with Crippen molar-refractivity contribution in [3.63, 3.8) is 0 Å². The monoisotopic (exact) mass is 493 g/mol. The Balaban J connectivity index is 1.11. The maximum atomic E-state index is 13.1. The molecule has 0 aliphatic carbocycles. The summed E-state index contributed by atoms with van der Waals surface area (Å²) in [6.45, 7) is 3.98. The van der Waals surface area contributed by atoms with E-state index >= 15 is 0 Å². The topological polar surface area (TPSA) is 79.0 Å². The van der Waals surface area contributed by atoms with Crippen LogP contribution >= 0.6 is 11.3 Å². The van der Waals surface area contributed by atoms with E-state index in [1.165, 1.54) is 0 Å². The third kappa shape index (κ3) is 5.48. The quantitative estimate of drug-likeness (QED) is 0.524. The molecule has 2 aliphatic heterocycles. The van der Waals surface area contributed by atoms with Gasteiger partial charge in [-0.1, -0.05) is 12.1 Å². The molecule has 5 rings (SSSR count). The lowest BCUT2D eigenvalue weighted by atomic mass is 10.0. The first kappa shape index (κ1) is 23.7. The van der Waals surface area contributed by atoms with E-state index in [-0.39, 0.29) is 18.0 Å². The standard InChI is InChI=1S/C26H31N5O3S/c1-33-20-8-6-18(7-9-20)24-17-35-25(27-24)16-30-10-12-31(13-11-30)26(32)23-15-22(28-29-23)19-4-3-5-21(14-19)34-2/h3-9,14,17,22-23,28-29H,10-13,15-16H2,1-2H3. The van der Waals surface area contributed by atoms with E-state index in [0.717, 1.165) is 72.5 Å². The zero-order valence-electron chi connectivity index (χ0n) is 20.1. The first-order valence-electron chi connectivity index (χ1n) is 11.9. The second-order valence-corrected chi connectivity index (χ2v) is 9.81. The summed E-state index contributed by atoms with van der Waals surface area (Å²) in [5.41, 5.74) is 9.69. The Labute approximate surface area is 209 Å². The highest BCUT2D eigenvalue weighted by Crippen LogP contribution is 2.27.